The van der Waals surface area contributed by atoms with Crippen molar-refractivity contribution in [2.75, 3.05) is 13.1 Å². The van der Waals surface area contributed by atoms with Crippen LogP contribution in [0.2, 0.25) is 0 Å². The smallest absolute Gasteiger partial charge is 0.319 e. The van der Waals surface area contributed by atoms with Gasteiger partial charge in [0.15, 0.2) is 0 Å². The molecule has 0 spiro atoms. The van der Waals surface area contributed by atoms with Gasteiger partial charge in [-0.25, -0.2) is 0 Å². The Hall–Kier alpha value is -1.00. The molecule has 1 saturated heterocycles. The molecule has 1 heterocycles. The minimum absolute atomic E-state index is 0.245. The second-order valence-corrected chi connectivity index (χ2v) is 5.98. The molecule has 1 aliphatic rings. The van der Waals surface area contributed by atoms with E-state index in [0.717, 1.165) is 31.5 Å². The third-order valence-corrected chi connectivity index (χ3v) is 3.84. The summed E-state index contributed by atoms with van der Waals surface area (Å²) in [4.78, 5) is 11.9. The lowest BCUT2D eigenvalue weighted by molar-refractivity contribution is -0.163. The van der Waals surface area contributed by atoms with Crippen molar-refractivity contribution in [3.63, 3.8) is 0 Å². The molecule has 3 nitrogen and oxygen atoms in total. The number of thiol groups is 1. The maximum Gasteiger partial charge on any atom is 0.319 e. The average molecular weight is 279 g/mol. The quantitative estimate of drug-likeness (QED) is 0.659. The number of nitrogens with one attached hydrogen (secondary N) is 1. The summed E-state index contributed by atoms with van der Waals surface area (Å²) in [6.07, 6.45) is 1.62. The monoisotopic (exact) mass is 279 g/mol. The van der Waals surface area contributed by atoms with Crippen LogP contribution in [-0.2, 0) is 15.1 Å². The number of carbonyl (C=O) groups is 1. The number of hydrogen-bond acceptors (Lipinski definition) is 4. The highest BCUT2D eigenvalue weighted by Gasteiger charge is 2.38. The molecular weight excluding hydrogens is 258 g/mol. The Morgan fingerprint density at radius 1 is 1.32 bits per heavy atom. The summed E-state index contributed by atoms with van der Waals surface area (Å²) in [5.41, 5.74) is 1.80. The van der Waals surface area contributed by atoms with E-state index >= 15 is 0 Å². The van der Waals surface area contributed by atoms with Gasteiger partial charge in [-0.15, -0.1) is 0 Å². The number of hydrogen-bond donors (Lipinski definition) is 2. The first-order chi connectivity index (χ1) is 9.03. The number of esters is 1. The van der Waals surface area contributed by atoms with Crippen molar-refractivity contribution in [2.45, 2.75) is 37.5 Å². The van der Waals surface area contributed by atoms with Crippen LogP contribution in [0.4, 0.5) is 0 Å². The van der Waals surface area contributed by atoms with E-state index in [1.54, 1.807) is 6.92 Å². The first-order valence-electron chi connectivity index (χ1n) is 6.72. The van der Waals surface area contributed by atoms with E-state index in [0.29, 0.717) is 0 Å². The highest BCUT2D eigenvalue weighted by molar-refractivity contribution is 7.81. The van der Waals surface area contributed by atoms with Gasteiger partial charge >= 0.3 is 5.97 Å². The van der Waals surface area contributed by atoms with E-state index in [1.165, 1.54) is 5.56 Å². The zero-order valence-corrected chi connectivity index (χ0v) is 12.4. The summed E-state index contributed by atoms with van der Waals surface area (Å²) in [6, 6.07) is 8.27. The van der Waals surface area contributed by atoms with Crippen molar-refractivity contribution in [1.29, 1.82) is 0 Å². The predicted octanol–water partition coefficient (Wildman–Crippen LogP) is 2.44. The topological polar surface area (TPSA) is 38.3 Å². The lowest BCUT2D eigenvalue weighted by Gasteiger charge is -2.38. The molecule has 1 fully saturated rings. The molecule has 0 aliphatic carbocycles. The summed E-state index contributed by atoms with van der Waals surface area (Å²) in [6.45, 7) is 5.53. The first kappa shape index (κ1) is 14.4. The first-order valence-corrected chi connectivity index (χ1v) is 7.24. The zero-order valence-electron chi connectivity index (χ0n) is 11.5. The van der Waals surface area contributed by atoms with Gasteiger partial charge in [0.25, 0.3) is 0 Å². The molecule has 1 aliphatic heterocycles. The Morgan fingerprint density at radius 2 is 1.89 bits per heavy atom. The fourth-order valence-corrected chi connectivity index (χ4v) is 2.47. The summed E-state index contributed by atoms with van der Waals surface area (Å²) < 4.78 is 5.81. The second kappa shape index (κ2) is 5.97. The van der Waals surface area contributed by atoms with Gasteiger partial charge in [-0.05, 0) is 32.5 Å². The molecule has 104 valence electrons. The molecule has 1 aromatic carbocycles. The average Bonchev–Trinajstić information content (AvgIpc) is 2.40. The van der Waals surface area contributed by atoms with Crippen molar-refractivity contribution in [3.05, 3.63) is 35.4 Å². The Balaban J connectivity index is 2.28. The standard InChI is InChI=1S/C15H21NO2S/c1-11-3-5-13(6-4-11)15(7-9-16-10-8-15)18-14(17)12(2)19/h3-6,12,16,19H,7-10H2,1-2H3. The van der Waals surface area contributed by atoms with Gasteiger partial charge in [0.05, 0.1) is 5.25 Å². The van der Waals surface area contributed by atoms with Crippen LogP contribution in [0.5, 0.6) is 0 Å². The minimum Gasteiger partial charge on any atom is -0.453 e. The van der Waals surface area contributed by atoms with E-state index in [2.05, 4.69) is 49.1 Å². The van der Waals surface area contributed by atoms with Crippen LogP contribution < -0.4 is 5.32 Å². The molecule has 0 saturated carbocycles. The van der Waals surface area contributed by atoms with Crippen molar-refractivity contribution in [2.24, 2.45) is 0 Å². The van der Waals surface area contributed by atoms with Gasteiger partial charge < -0.3 is 10.1 Å². The molecule has 0 amide bonds. The third kappa shape index (κ3) is 3.31. The third-order valence-electron chi connectivity index (χ3n) is 3.63. The normalized spacial score (nSPS) is 19.7. The number of rotatable bonds is 3. The minimum atomic E-state index is -0.493. The number of aryl methyl sites for hydroxylation is 1. The molecule has 0 bridgehead atoms. The summed E-state index contributed by atoms with van der Waals surface area (Å²) >= 11 is 4.17. The van der Waals surface area contributed by atoms with E-state index in [-0.39, 0.29) is 5.97 Å². The van der Waals surface area contributed by atoms with Gasteiger partial charge in [-0.2, -0.15) is 12.6 Å². The summed E-state index contributed by atoms with van der Waals surface area (Å²) in [5, 5.41) is 2.92. The van der Waals surface area contributed by atoms with Gasteiger partial charge in [0.2, 0.25) is 0 Å². The van der Waals surface area contributed by atoms with E-state index in [9.17, 15) is 4.79 Å². The Bertz CT molecular complexity index is 436. The molecule has 1 unspecified atom stereocenters. The van der Waals surface area contributed by atoms with Crippen LogP contribution in [0.1, 0.15) is 30.9 Å². The van der Waals surface area contributed by atoms with Gasteiger partial charge in [-0.3, -0.25) is 4.79 Å². The van der Waals surface area contributed by atoms with Crippen LogP contribution in [0.3, 0.4) is 0 Å². The highest BCUT2D eigenvalue weighted by Crippen LogP contribution is 2.35. The van der Waals surface area contributed by atoms with Crippen LogP contribution in [0.15, 0.2) is 24.3 Å². The lowest BCUT2D eigenvalue weighted by Crippen LogP contribution is -2.44. The molecule has 1 atom stereocenters. The molecular formula is C15H21NO2S. The Morgan fingerprint density at radius 3 is 2.42 bits per heavy atom. The predicted molar refractivity (Wildman–Crippen MR) is 79.5 cm³/mol. The largest absolute Gasteiger partial charge is 0.453 e. The van der Waals surface area contributed by atoms with Gasteiger partial charge in [-0.1, -0.05) is 29.8 Å². The van der Waals surface area contributed by atoms with Crippen molar-refractivity contribution in [1.82, 2.24) is 5.32 Å². The maximum atomic E-state index is 11.9. The Kier molecular flexibility index (Phi) is 4.53. The van der Waals surface area contributed by atoms with Crippen LogP contribution >= 0.6 is 12.6 Å². The molecule has 1 aromatic rings. The van der Waals surface area contributed by atoms with Crippen molar-refractivity contribution >= 4 is 18.6 Å². The summed E-state index contributed by atoms with van der Waals surface area (Å²) in [5.74, 6) is -0.245. The Labute approximate surface area is 120 Å². The van der Waals surface area contributed by atoms with E-state index < -0.39 is 10.9 Å². The number of carbonyl (C=O) groups excluding carboxylic acids is 1. The van der Waals surface area contributed by atoms with Crippen molar-refractivity contribution < 1.29 is 9.53 Å². The van der Waals surface area contributed by atoms with E-state index in [4.69, 9.17) is 4.74 Å². The van der Waals surface area contributed by atoms with E-state index in [1.807, 2.05) is 0 Å². The fourth-order valence-electron chi connectivity index (χ4n) is 2.42. The zero-order chi connectivity index (χ0) is 13.9. The number of piperidine rings is 1. The van der Waals surface area contributed by atoms with Gasteiger partial charge in [0.1, 0.15) is 5.60 Å². The molecule has 2 rings (SSSR count). The lowest BCUT2D eigenvalue weighted by atomic mass is 9.84. The van der Waals surface area contributed by atoms with Crippen LogP contribution in [0, 0.1) is 6.92 Å². The molecule has 0 aromatic heterocycles. The molecule has 4 heteroatoms. The van der Waals surface area contributed by atoms with Crippen molar-refractivity contribution in [3.8, 4) is 0 Å². The number of ether oxygens (including phenoxy) is 1. The molecule has 19 heavy (non-hydrogen) atoms. The number of benzene rings is 1. The van der Waals surface area contributed by atoms with Gasteiger partial charge in [0, 0.05) is 12.8 Å². The van der Waals surface area contributed by atoms with Crippen LogP contribution in [-0.4, -0.2) is 24.3 Å². The second-order valence-electron chi connectivity index (χ2n) is 5.21. The highest BCUT2D eigenvalue weighted by atomic mass is 32.1. The fraction of sp³-hybridized carbons (Fsp3) is 0.533. The SMILES string of the molecule is Cc1ccc(C2(OC(=O)C(C)S)CCNCC2)cc1. The molecule has 1 N–H and O–H groups in total. The molecule has 0 radical (unpaired) electrons. The maximum absolute atomic E-state index is 11.9. The van der Waals surface area contributed by atoms with Crippen LogP contribution in [0.25, 0.3) is 0 Å². The summed E-state index contributed by atoms with van der Waals surface area (Å²) in [7, 11) is 0.